The van der Waals surface area contributed by atoms with Crippen molar-refractivity contribution >= 4 is 17.5 Å². The summed E-state index contributed by atoms with van der Waals surface area (Å²) in [5, 5.41) is 13.2. The summed E-state index contributed by atoms with van der Waals surface area (Å²) in [6.45, 7) is 0.360. The van der Waals surface area contributed by atoms with E-state index in [9.17, 15) is 9.90 Å². The number of nitrogens with one attached hydrogen (secondary N) is 1. The van der Waals surface area contributed by atoms with Crippen molar-refractivity contribution in [1.82, 2.24) is 5.32 Å². The van der Waals surface area contributed by atoms with Crippen molar-refractivity contribution in [3.63, 3.8) is 0 Å². The first-order valence-corrected chi connectivity index (χ1v) is 8.19. The topological polar surface area (TPSA) is 77.0 Å². The molecular formula is C18H18ClNO5. The molecule has 1 heterocycles. The van der Waals surface area contributed by atoms with Gasteiger partial charge in [-0.15, -0.1) is 0 Å². The third kappa shape index (κ3) is 5.01. The highest BCUT2D eigenvalue weighted by Crippen LogP contribution is 2.35. The molecule has 0 saturated carbocycles. The Balaban J connectivity index is 1.39. The summed E-state index contributed by atoms with van der Waals surface area (Å²) in [7, 11) is 0. The molecule has 6 nitrogen and oxygen atoms in total. The lowest BCUT2D eigenvalue weighted by molar-refractivity contribution is -0.121. The Morgan fingerprint density at radius 1 is 1.20 bits per heavy atom. The first-order valence-electron chi connectivity index (χ1n) is 7.82. The van der Waals surface area contributed by atoms with Gasteiger partial charge in [0.05, 0.1) is 6.42 Å². The molecule has 0 aliphatic carbocycles. The molecule has 1 amide bonds. The molecule has 0 fully saturated rings. The summed E-state index contributed by atoms with van der Waals surface area (Å²) >= 11 is 5.81. The van der Waals surface area contributed by atoms with Crippen molar-refractivity contribution in [3.8, 4) is 17.2 Å². The van der Waals surface area contributed by atoms with Crippen molar-refractivity contribution in [3.05, 3.63) is 53.1 Å². The van der Waals surface area contributed by atoms with E-state index < -0.39 is 6.10 Å². The van der Waals surface area contributed by atoms with E-state index >= 15 is 0 Å². The van der Waals surface area contributed by atoms with Crippen LogP contribution in [-0.4, -0.2) is 37.1 Å². The van der Waals surface area contributed by atoms with Gasteiger partial charge >= 0.3 is 0 Å². The maximum absolute atomic E-state index is 11.9. The van der Waals surface area contributed by atoms with Crippen LogP contribution in [0.4, 0.5) is 0 Å². The number of benzene rings is 2. The number of carbonyl (C=O) groups is 1. The molecule has 0 bridgehead atoms. The third-order valence-corrected chi connectivity index (χ3v) is 3.85. The zero-order chi connectivity index (χ0) is 17.6. The summed E-state index contributed by atoms with van der Waals surface area (Å²) < 4.78 is 16.0. The van der Waals surface area contributed by atoms with Crippen LogP contribution >= 0.6 is 11.6 Å². The van der Waals surface area contributed by atoms with Gasteiger partial charge < -0.3 is 24.6 Å². The van der Waals surface area contributed by atoms with Gasteiger partial charge in [-0.1, -0.05) is 23.7 Å². The standard InChI is InChI=1S/C18H18ClNO5/c19-13-3-1-12(2-4-13)7-18(22)20-9-14(21)10-23-15-5-6-16-17(8-15)25-11-24-16/h1-6,8,14,21H,7,9-11H2,(H,20,22). The first-order chi connectivity index (χ1) is 12.1. The molecule has 0 radical (unpaired) electrons. The van der Waals surface area contributed by atoms with Crippen LogP contribution in [0.15, 0.2) is 42.5 Å². The van der Waals surface area contributed by atoms with E-state index in [2.05, 4.69) is 5.32 Å². The molecule has 25 heavy (non-hydrogen) atoms. The highest BCUT2D eigenvalue weighted by molar-refractivity contribution is 6.30. The highest BCUT2D eigenvalue weighted by atomic mass is 35.5. The number of hydrogen-bond donors (Lipinski definition) is 2. The molecule has 1 aliphatic heterocycles. The maximum Gasteiger partial charge on any atom is 0.231 e. The Labute approximate surface area is 150 Å². The molecular weight excluding hydrogens is 346 g/mol. The number of halogens is 1. The predicted octanol–water partition coefficient (Wildman–Crippen LogP) is 2.17. The fraction of sp³-hybridized carbons (Fsp3) is 0.278. The van der Waals surface area contributed by atoms with Crippen LogP contribution in [0.25, 0.3) is 0 Å². The maximum atomic E-state index is 11.9. The Morgan fingerprint density at radius 2 is 1.96 bits per heavy atom. The number of amides is 1. The SMILES string of the molecule is O=C(Cc1ccc(Cl)cc1)NCC(O)COc1ccc2c(c1)OCO2. The molecule has 132 valence electrons. The molecule has 3 rings (SSSR count). The van der Waals surface area contributed by atoms with Crippen LogP contribution in [0.5, 0.6) is 17.2 Å². The van der Waals surface area contributed by atoms with Gasteiger partial charge in [-0.25, -0.2) is 0 Å². The Kier molecular flexibility index (Phi) is 5.63. The van der Waals surface area contributed by atoms with Crippen molar-refractivity contribution in [1.29, 1.82) is 0 Å². The van der Waals surface area contributed by atoms with Gasteiger partial charge in [-0.3, -0.25) is 4.79 Å². The Hall–Kier alpha value is -2.44. The Bertz CT molecular complexity index is 735. The average Bonchev–Trinajstić information content (AvgIpc) is 3.08. The number of carbonyl (C=O) groups excluding carboxylic acids is 1. The normalized spacial score (nSPS) is 13.4. The van der Waals surface area contributed by atoms with Crippen molar-refractivity contribution in [2.45, 2.75) is 12.5 Å². The fourth-order valence-corrected chi connectivity index (χ4v) is 2.43. The average molecular weight is 364 g/mol. The second-order valence-corrected chi connectivity index (χ2v) is 6.02. The molecule has 1 aliphatic rings. The smallest absolute Gasteiger partial charge is 0.231 e. The number of rotatable bonds is 7. The lowest BCUT2D eigenvalue weighted by Gasteiger charge is -2.13. The van der Waals surface area contributed by atoms with E-state index in [0.717, 1.165) is 5.56 Å². The monoisotopic (exact) mass is 363 g/mol. The number of ether oxygens (including phenoxy) is 3. The van der Waals surface area contributed by atoms with E-state index in [1.165, 1.54) is 0 Å². The van der Waals surface area contributed by atoms with Crippen LogP contribution < -0.4 is 19.5 Å². The zero-order valence-corrected chi connectivity index (χ0v) is 14.2. The van der Waals surface area contributed by atoms with Crippen molar-refractivity contribution in [2.24, 2.45) is 0 Å². The van der Waals surface area contributed by atoms with Crippen LogP contribution in [-0.2, 0) is 11.2 Å². The largest absolute Gasteiger partial charge is 0.491 e. The molecule has 1 unspecified atom stereocenters. The predicted molar refractivity (Wildman–Crippen MR) is 92.2 cm³/mol. The van der Waals surface area contributed by atoms with Crippen LogP contribution in [0.2, 0.25) is 5.02 Å². The summed E-state index contributed by atoms with van der Waals surface area (Å²) in [6.07, 6.45) is -0.591. The molecule has 2 aromatic carbocycles. The molecule has 2 aromatic rings. The third-order valence-electron chi connectivity index (χ3n) is 3.60. The molecule has 0 aromatic heterocycles. The molecule has 1 atom stereocenters. The van der Waals surface area contributed by atoms with Gasteiger partial charge in [-0.05, 0) is 29.8 Å². The van der Waals surface area contributed by atoms with Crippen molar-refractivity contribution in [2.75, 3.05) is 19.9 Å². The number of hydrogen-bond acceptors (Lipinski definition) is 5. The van der Waals surface area contributed by atoms with Crippen molar-refractivity contribution < 1.29 is 24.1 Å². The van der Waals surface area contributed by atoms with Gasteiger partial charge in [0.15, 0.2) is 11.5 Å². The summed E-state index contributed by atoms with van der Waals surface area (Å²) in [5.41, 5.74) is 0.855. The van der Waals surface area contributed by atoms with Gasteiger partial charge in [0, 0.05) is 17.6 Å². The van der Waals surface area contributed by atoms with E-state index in [4.69, 9.17) is 25.8 Å². The van der Waals surface area contributed by atoms with Gasteiger partial charge in [0.2, 0.25) is 12.7 Å². The highest BCUT2D eigenvalue weighted by Gasteiger charge is 2.14. The lowest BCUT2D eigenvalue weighted by atomic mass is 10.1. The zero-order valence-electron chi connectivity index (χ0n) is 13.4. The summed E-state index contributed by atoms with van der Waals surface area (Å²) in [4.78, 5) is 11.9. The second kappa shape index (κ2) is 8.09. The minimum Gasteiger partial charge on any atom is -0.491 e. The van der Waals surface area contributed by atoms with Gasteiger partial charge in [0.1, 0.15) is 18.5 Å². The minimum absolute atomic E-state index is 0.0564. The summed E-state index contributed by atoms with van der Waals surface area (Å²) in [5.74, 6) is 1.67. The first kappa shape index (κ1) is 17.4. The van der Waals surface area contributed by atoms with Crippen LogP contribution in [0.3, 0.4) is 0 Å². The number of fused-ring (bicyclic) bond motifs is 1. The number of aliphatic hydroxyl groups is 1. The van der Waals surface area contributed by atoms with Gasteiger partial charge in [0.25, 0.3) is 0 Å². The van der Waals surface area contributed by atoms with E-state index in [1.807, 2.05) is 0 Å². The number of aliphatic hydroxyl groups excluding tert-OH is 1. The molecule has 7 heteroatoms. The lowest BCUT2D eigenvalue weighted by Crippen LogP contribution is -2.36. The molecule has 0 saturated heterocycles. The van der Waals surface area contributed by atoms with Crippen LogP contribution in [0, 0.1) is 0 Å². The van der Waals surface area contributed by atoms with E-state index in [0.29, 0.717) is 22.3 Å². The quantitative estimate of drug-likeness (QED) is 0.788. The second-order valence-electron chi connectivity index (χ2n) is 5.59. The molecule has 0 spiro atoms. The summed E-state index contributed by atoms with van der Waals surface area (Å²) in [6, 6.07) is 12.2. The van der Waals surface area contributed by atoms with Gasteiger partial charge in [-0.2, -0.15) is 0 Å². The molecule has 2 N–H and O–H groups in total. The van der Waals surface area contributed by atoms with E-state index in [1.54, 1.807) is 42.5 Å². The van der Waals surface area contributed by atoms with E-state index in [-0.39, 0.29) is 32.3 Å². The minimum atomic E-state index is -0.820. The van der Waals surface area contributed by atoms with Crippen LogP contribution in [0.1, 0.15) is 5.56 Å². The Morgan fingerprint density at radius 3 is 2.76 bits per heavy atom. The fourth-order valence-electron chi connectivity index (χ4n) is 2.30.